The highest BCUT2D eigenvalue weighted by atomic mass is 16.6. The van der Waals surface area contributed by atoms with Crippen LogP contribution >= 0.6 is 0 Å². The summed E-state index contributed by atoms with van der Waals surface area (Å²) in [6.07, 6.45) is -0.333. The lowest BCUT2D eigenvalue weighted by Crippen LogP contribution is -2.57. The van der Waals surface area contributed by atoms with Crippen LogP contribution in [-0.2, 0) is 22.9 Å². The first kappa shape index (κ1) is 21.6. The molecule has 0 aliphatic carbocycles. The number of carbonyl (C=O) groups is 1. The van der Waals surface area contributed by atoms with Crippen molar-refractivity contribution in [2.75, 3.05) is 0 Å². The molecule has 13 nitrogen and oxygen atoms in total. The lowest BCUT2D eigenvalue weighted by atomic mass is 10.2. The molecular weight excluding hydrogens is 412 g/mol. The van der Waals surface area contributed by atoms with E-state index in [1.165, 1.54) is 24.3 Å². The van der Waals surface area contributed by atoms with E-state index in [1.54, 1.807) is 24.3 Å². The monoisotopic (exact) mass is 430 g/mol. The van der Waals surface area contributed by atoms with E-state index in [4.69, 9.17) is 9.68 Å². The van der Waals surface area contributed by atoms with E-state index in [0.29, 0.717) is 11.1 Å². The van der Waals surface area contributed by atoms with Gasteiger partial charge in [-0.25, -0.2) is 4.79 Å². The van der Waals surface area contributed by atoms with Crippen molar-refractivity contribution in [3.05, 3.63) is 79.9 Å². The minimum Gasteiger partial charge on any atom is -0.389 e. The molecule has 0 radical (unpaired) electrons. The zero-order valence-corrected chi connectivity index (χ0v) is 16.0. The van der Waals surface area contributed by atoms with Crippen molar-refractivity contribution in [2.45, 2.75) is 25.8 Å². The highest BCUT2D eigenvalue weighted by Crippen LogP contribution is 2.13. The molecule has 0 saturated carbocycles. The molecule has 3 rings (SSSR count). The van der Waals surface area contributed by atoms with Crippen LogP contribution in [0.5, 0.6) is 0 Å². The molecule has 2 aromatic carbocycles. The first-order valence-corrected chi connectivity index (χ1v) is 9.01. The summed E-state index contributed by atoms with van der Waals surface area (Å²) in [7, 11) is 0. The average molecular weight is 430 g/mol. The summed E-state index contributed by atoms with van der Waals surface area (Å²) < 4.78 is 0. The number of nitrogens with zero attached hydrogens (tertiary/aromatic N) is 3. The molecule has 1 aliphatic heterocycles. The summed E-state index contributed by atoms with van der Waals surface area (Å²) in [5.74, 6) is 0.266. The molecule has 0 spiro atoms. The molecule has 1 heterocycles. The number of hydroxylamine groups is 1. The highest BCUT2D eigenvalue weighted by Gasteiger charge is 2.23. The normalized spacial score (nSPS) is 17.0. The van der Waals surface area contributed by atoms with Crippen LogP contribution in [0.25, 0.3) is 0 Å². The Morgan fingerprint density at radius 2 is 1.52 bits per heavy atom. The third-order valence-corrected chi connectivity index (χ3v) is 4.13. The van der Waals surface area contributed by atoms with Gasteiger partial charge in [-0.3, -0.25) is 30.4 Å². The number of hydrogen-bond donors (Lipinski definition) is 3. The van der Waals surface area contributed by atoms with Gasteiger partial charge in [0.25, 0.3) is 11.4 Å². The zero-order chi connectivity index (χ0) is 22.2. The topological polar surface area (TPSA) is 170 Å². The minimum absolute atomic E-state index is 0.0168. The maximum absolute atomic E-state index is 11.8. The number of carbonyl (C=O) groups excluding carboxylic acids is 1. The SMILES string of the molecule is O=C1N/C(=N\OCc2ccc([N+](=O)[O-])cc2)CC(NOCc2ccc([N+](=O)[O-])cc2)N1. The number of nitrogens with one attached hydrogen (secondary N) is 3. The number of nitro groups is 2. The molecule has 0 bridgehead atoms. The summed E-state index contributed by atoms with van der Waals surface area (Å²) in [5, 5.41) is 30.3. The number of rotatable bonds is 9. The zero-order valence-electron chi connectivity index (χ0n) is 16.0. The smallest absolute Gasteiger partial charge is 0.321 e. The first-order valence-electron chi connectivity index (χ1n) is 9.01. The predicted octanol–water partition coefficient (Wildman–Crippen LogP) is 2.08. The fraction of sp³-hybridized carbons (Fsp3) is 0.222. The van der Waals surface area contributed by atoms with Crippen LogP contribution in [0.3, 0.4) is 0 Å². The van der Waals surface area contributed by atoms with Gasteiger partial charge in [0.1, 0.15) is 12.8 Å². The van der Waals surface area contributed by atoms with E-state index >= 15 is 0 Å². The lowest BCUT2D eigenvalue weighted by molar-refractivity contribution is -0.385. The third kappa shape index (κ3) is 6.45. The predicted molar refractivity (Wildman–Crippen MR) is 106 cm³/mol. The van der Waals surface area contributed by atoms with E-state index < -0.39 is 22.0 Å². The third-order valence-electron chi connectivity index (χ3n) is 4.13. The van der Waals surface area contributed by atoms with E-state index in [9.17, 15) is 25.0 Å². The Morgan fingerprint density at radius 3 is 2.06 bits per heavy atom. The molecule has 1 saturated heterocycles. The van der Waals surface area contributed by atoms with Crippen LogP contribution in [0, 0.1) is 20.2 Å². The van der Waals surface area contributed by atoms with Gasteiger partial charge in [-0.2, -0.15) is 5.48 Å². The number of nitro benzene ring substituents is 2. The lowest BCUT2D eigenvalue weighted by Gasteiger charge is -2.25. The summed E-state index contributed by atoms with van der Waals surface area (Å²) >= 11 is 0. The highest BCUT2D eigenvalue weighted by molar-refractivity contribution is 5.99. The van der Waals surface area contributed by atoms with Gasteiger partial charge in [-0.05, 0) is 35.4 Å². The number of urea groups is 1. The Hall–Kier alpha value is -4.10. The van der Waals surface area contributed by atoms with Crippen molar-refractivity contribution < 1.29 is 24.3 Å². The number of hydrogen-bond acceptors (Lipinski definition) is 9. The fourth-order valence-electron chi connectivity index (χ4n) is 2.59. The van der Waals surface area contributed by atoms with Gasteiger partial charge < -0.3 is 10.2 Å². The second kappa shape index (κ2) is 10.1. The minimum atomic E-state index is -0.575. The Balaban J connectivity index is 1.46. The first-order chi connectivity index (χ1) is 14.9. The van der Waals surface area contributed by atoms with Crippen LogP contribution in [-0.4, -0.2) is 27.9 Å². The van der Waals surface area contributed by atoms with Gasteiger partial charge in [0, 0.05) is 30.7 Å². The summed E-state index contributed by atoms with van der Waals surface area (Å²) in [6.45, 7) is 0.195. The van der Waals surface area contributed by atoms with Gasteiger partial charge in [-0.1, -0.05) is 5.16 Å². The molecule has 1 fully saturated rings. The molecule has 3 N–H and O–H groups in total. The number of oxime groups is 1. The molecule has 1 atom stereocenters. The number of amides is 2. The Labute approximate surface area is 175 Å². The van der Waals surface area contributed by atoms with Crippen LogP contribution < -0.4 is 16.1 Å². The van der Waals surface area contributed by atoms with Crippen molar-refractivity contribution in [1.82, 2.24) is 16.1 Å². The van der Waals surface area contributed by atoms with E-state index in [0.717, 1.165) is 0 Å². The molecule has 13 heteroatoms. The number of non-ortho nitro benzene ring substituents is 2. The van der Waals surface area contributed by atoms with Crippen molar-refractivity contribution in [1.29, 1.82) is 0 Å². The average Bonchev–Trinajstić information content (AvgIpc) is 2.74. The van der Waals surface area contributed by atoms with Crippen molar-refractivity contribution in [3.63, 3.8) is 0 Å². The van der Waals surface area contributed by atoms with Crippen LogP contribution in [0.2, 0.25) is 0 Å². The van der Waals surface area contributed by atoms with E-state index in [1.807, 2.05) is 0 Å². The van der Waals surface area contributed by atoms with Crippen molar-refractivity contribution in [2.24, 2.45) is 5.16 Å². The Morgan fingerprint density at radius 1 is 0.968 bits per heavy atom. The standard InChI is InChI=1S/C18H18N6O7/c25-18-19-16(21-30-10-12-1-5-14(6-2-12)23(26)27)9-17(20-18)22-31-11-13-3-7-15(8-4-13)24(28)29/h1-8,16,21H,9-11H2,(H2,19,20,22,25). The molecular formula is C18H18N6O7. The van der Waals surface area contributed by atoms with Gasteiger partial charge in [-0.15, -0.1) is 0 Å². The molecule has 0 aromatic heterocycles. The second-order valence-electron chi connectivity index (χ2n) is 6.42. The number of amidine groups is 1. The van der Waals surface area contributed by atoms with Crippen molar-refractivity contribution >= 4 is 23.2 Å². The molecule has 162 valence electrons. The molecule has 1 unspecified atom stereocenters. The van der Waals surface area contributed by atoms with Crippen LogP contribution in [0.4, 0.5) is 16.2 Å². The maximum Gasteiger partial charge on any atom is 0.321 e. The quantitative estimate of drug-likeness (QED) is 0.401. The van der Waals surface area contributed by atoms with E-state index in [-0.39, 0.29) is 36.8 Å². The molecule has 31 heavy (non-hydrogen) atoms. The van der Waals surface area contributed by atoms with Crippen molar-refractivity contribution in [3.8, 4) is 0 Å². The van der Waals surface area contributed by atoms with Gasteiger partial charge >= 0.3 is 6.03 Å². The summed E-state index contributed by atoms with van der Waals surface area (Å²) in [5.41, 5.74) is 4.03. The largest absolute Gasteiger partial charge is 0.389 e. The molecule has 1 aliphatic rings. The van der Waals surface area contributed by atoms with Gasteiger partial charge in [0.05, 0.1) is 16.5 Å². The Bertz CT molecular complexity index is 978. The Kier molecular flexibility index (Phi) is 7.03. The van der Waals surface area contributed by atoms with Crippen LogP contribution in [0.15, 0.2) is 53.7 Å². The second-order valence-corrected chi connectivity index (χ2v) is 6.42. The maximum atomic E-state index is 11.8. The fourth-order valence-corrected chi connectivity index (χ4v) is 2.59. The molecule has 2 aromatic rings. The molecule has 2 amide bonds. The van der Waals surface area contributed by atoms with Crippen LogP contribution in [0.1, 0.15) is 17.5 Å². The number of benzene rings is 2. The van der Waals surface area contributed by atoms with Gasteiger partial charge in [0.15, 0.2) is 5.84 Å². The van der Waals surface area contributed by atoms with E-state index in [2.05, 4.69) is 21.3 Å². The summed E-state index contributed by atoms with van der Waals surface area (Å²) in [6, 6.07) is 11.2. The summed E-state index contributed by atoms with van der Waals surface area (Å²) in [4.78, 5) is 42.7. The van der Waals surface area contributed by atoms with Gasteiger partial charge in [0.2, 0.25) is 0 Å².